The van der Waals surface area contributed by atoms with Crippen molar-refractivity contribution < 1.29 is 0 Å². The van der Waals surface area contributed by atoms with E-state index in [1.807, 2.05) is 58.0 Å². The summed E-state index contributed by atoms with van der Waals surface area (Å²) >= 11 is 0. The molecule has 6 rings (SSSR count). The summed E-state index contributed by atoms with van der Waals surface area (Å²) in [4.78, 5) is 16.9. The van der Waals surface area contributed by atoms with Crippen LogP contribution >= 0.6 is 0 Å². The quantitative estimate of drug-likeness (QED) is 0.284. The second-order valence-electron chi connectivity index (χ2n) is 10.6. The van der Waals surface area contributed by atoms with Crippen LogP contribution in [-0.2, 0) is 6.54 Å². The topological polar surface area (TPSA) is 84.9 Å². The number of benzene rings is 1. The number of hydrogen-bond donors (Lipinski definition) is 2. The predicted molar refractivity (Wildman–Crippen MR) is 166 cm³/mol. The van der Waals surface area contributed by atoms with Gasteiger partial charge in [0.1, 0.15) is 11.3 Å². The maximum atomic E-state index is 6.31. The van der Waals surface area contributed by atoms with Gasteiger partial charge in [0, 0.05) is 31.5 Å². The van der Waals surface area contributed by atoms with Gasteiger partial charge in [-0.25, -0.2) is 15.0 Å². The van der Waals surface area contributed by atoms with Gasteiger partial charge in [-0.2, -0.15) is 0 Å². The Kier molecular flexibility index (Phi) is 8.43. The Morgan fingerprint density at radius 2 is 1.75 bits per heavy atom. The molecule has 0 unspecified atom stereocenters. The van der Waals surface area contributed by atoms with Crippen molar-refractivity contribution in [1.29, 1.82) is 0 Å². The monoisotopic (exact) mass is 535 g/mol. The van der Waals surface area contributed by atoms with Gasteiger partial charge in [0.2, 0.25) is 0 Å². The van der Waals surface area contributed by atoms with E-state index in [1.165, 1.54) is 31.5 Å². The van der Waals surface area contributed by atoms with Crippen LogP contribution in [0.1, 0.15) is 51.8 Å². The lowest BCUT2D eigenvalue weighted by atomic mass is 9.72. The first-order chi connectivity index (χ1) is 19.6. The van der Waals surface area contributed by atoms with Crippen molar-refractivity contribution in [3.05, 3.63) is 84.2 Å². The van der Waals surface area contributed by atoms with Crippen LogP contribution in [0.5, 0.6) is 0 Å². The fraction of sp³-hybridized carbons (Fsp3) is 0.364. The number of hydrogen-bond acceptors (Lipinski definition) is 6. The van der Waals surface area contributed by atoms with Crippen LogP contribution in [0.3, 0.4) is 0 Å². The maximum Gasteiger partial charge on any atom is 0.165 e. The molecule has 1 aromatic carbocycles. The van der Waals surface area contributed by atoms with Gasteiger partial charge in [-0.1, -0.05) is 44.2 Å². The summed E-state index contributed by atoms with van der Waals surface area (Å²) in [6, 6.07) is 16.7. The number of fused-ring (bicyclic) bond motifs is 1. The molecule has 208 valence electrons. The number of likely N-dealkylation sites (tertiary alicyclic amines) is 1. The van der Waals surface area contributed by atoms with Gasteiger partial charge in [0.25, 0.3) is 0 Å². The average molecular weight is 536 g/mol. The summed E-state index contributed by atoms with van der Waals surface area (Å²) in [5.74, 6) is 1.19. The molecule has 0 bridgehead atoms. The first kappa shape index (κ1) is 27.7. The lowest BCUT2D eigenvalue weighted by molar-refractivity contribution is -0.0282. The molecule has 2 saturated heterocycles. The number of anilines is 1. The Morgan fingerprint density at radius 3 is 2.42 bits per heavy atom. The number of piperidine rings is 1. The third-order valence-corrected chi connectivity index (χ3v) is 7.92. The minimum absolute atomic E-state index is 0.452. The number of pyridine rings is 2. The number of aromatic nitrogens is 4. The van der Waals surface area contributed by atoms with Crippen LogP contribution in [-0.4, -0.2) is 50.6 Å². The maximum absolute atomic E-state index is 6.31. The summed E-state index contributed by atoms with van der Waals surface area (Å²) in [5.41, 5.74) is 13.6. The SMILES string of the molecule is C/C=C\C(=C/C)c1ccc2nc(-c3cccnc3N)n(-c3ccc(CN4CC5(CCNCC5)C4)cc3)c2n1.CC. The fourth-order valence-corrected chi connectivity index (χ4v) is 5.96. The molecule has 0 amide bonds. The number of nitrogens with two attached hydrogens (primary N) is 1. The van der Waals surface area contributed by atoms with Crippen LogP contribution in [0.2, 0.25) is 0 Å². The lowest BCUT2D eigenvalue weighted by Crippen LogP contribution is -2.59. The highest BCUT2D eigenvalue weighted by Gasteiger charge is 2.42. The molecule has 5 heterocycles. The molecule has 0 atom stereocenters. The molecule has 1 spiro atoms. The lowest BCUT2D eigenvalue weighted by Gasteiger charge is -2.52. The smallest absolute Gasteiger partial charge is 0.165 e. The van der Waals surface area contributed by atoms with Crippen LogP contribution in [0.4, 0.5) is 5.82 Å². The van der Waals surface area contributed by atoms with Gasteiger partial charge < -0.3 is 11.1 Å². The number of rotatable bonds is 6. The minimum atomic E-state index is 0.452. The first-order valence-corrected chi connectivity index (χ1v) is 14.5. The third-order valence-electron chi connectivity index (χ3n) is 7.92. The highest BCUT2D eigenvalue weighted by atomic mass is 15.2. The third kappa shape index (κ3) is 5.44. The molecule has 2 aliphatic rings. The van der Waals surface area contributed by atoms with E-state index < -0.39 is 0 Å². The molecule has 3 aromatic heterocycles. The molecule has 40 heavy (non-hydrogen) atoms. The van der Waals surface area contributed by atoms with Gasteiger partial charge >= 0.3 is 0 Å². The first-order valence-electron chi connectivity index (χ1n) is 14.5. The van der Waals surface area contributed by atoms with Gasteiger partial charge in [0.15, 0.2) is 11.5 Å². The largest absolute Gasteiger partial charge is 0.383 e. The summed E-state index contributed by atoms with van der Waals surface area (Å²) in [7, 11) is 0. The molecule has 0 saturated carbocycles. The number of nitrogens with zero attached hydrogens (tertiary/aromatic N) is 5. The summed E-state index contributed by atoms with van der Waals surface area (Å²) in [6.45, 7) is 13.8. The van der Waals surface area contributed by atoms with E-state index >= 15 is 0 Å². The second-order valence-corrected chi connectivity index (χ2v) is 10.6. The van der Waals surface area contributed by atoms with Gasteiger partial charge in [-0.3, -0.25) is 9.47 Å². The van der Waals surface area contributed by atoms with E-state index in [-0.39, 0.29) is 0 Å². The van der Waals surface area contributed by atoms with Crippen LogP contribution < -0.4 is 11.1 Å². The van der Waals surface area contributed by atoms with Crippen molar-refractivity contribution in [2.75, 3.05) is 31.9 Å². The summed E-state index contributed by atoms with van der Waals surface area (Å²) in [6.07, 6.45) is 10.5. The molecule has 2 aliphatic heterocycles. The Bertz CT molecular complexity index is 1500. The average Bonchev–Trinajstić information content (AvgIpc) is 3.36. The molecule has 3 N–H and O–H groups in total. The van der Waals surface area contributed by atoms with Gasteiger partial charge in [0.05, 0.1) is 11.3 Å². The molecule has 4 aromatic rings. The van der Waals surface area contributed by atoms with E-state index in [9.17, 15) is 0 Å². The molecule has 0 aliphatic carbocycles. The van der Waals surface area contributed by atoms with E-state index in [2.05, 4.69) is 56.2 Å². The Hall–Kier alpha value is -3.81. The van der Waals surface area contributed by atoms with E-state index in [0.29, 0.717) is 11.2 Å². The molecule has 7 nitrogen and oxygen atoms in total. The molecular formula is C33H41N7. The van der Waals surface area contributed by atoms with Gasteiger partial charge in [-0.05, 0) is 92.7 Å². The zero-order chi connectivity index (χ0) is 28.1. The number of allylic oxidation sites excluding steroid dienone is 4. The second kappa shape index (κ2) is 12.1. The molecule has 0 radical (unpaired) electrons. The van der Waals surface area contributed by atoms with Crippen LogP contribution in [0, 0.1) is 5.41 Å². The Morgan fingerprint density at radius 1 is 1.00 bits per heavy atom. The van der Waals surface area contributed by atoms with Crippen LogP contribution in [0.15, 0.2) is 73.0 Å². The van der Waals surface area contributed by atoms with Crippen LogP contribution in [0.25, 0.3) is 33.8 Å². The normalized spacial score (nSPS) is 17.1. The number of imidazole rings is 1. The predicted octanol–water partition coefficient (Wildman–Crippen LogP) is 6.26. The van der Waals surface area contributed by atoms with Gasteiger partial charge in [-0.15, -0.1) is 0 Å². The van der Waals surface area contributed by atoms with E-state index in [4.69, 9.17) is 15.7 Å². The summed E-state index contributed by atoms with van der Waals surface area (Å²) in [5, 5.41) is 3.49. The van der Waals surface area contributed by atoms with Crippen molar-refractivity contribution >= 4 is 22.6 Å². The fourth-order valence-electron chi connectivity index (χ4n) is 5.96. The zero-order valence-corrected chi connectivity index (χ0v) is 24.2. The van der Waals surface area contributed by atoms with Crippen molar-refractivity contribution in [1.82, 2.24) is 29.7 Å². The van der Waals surface area contributed by atoms with Crippen molar-refractivity contribution in [3.8, 4) is 17.1 Å². The Balaban J connectivity index is 0.00000158. The molecular weight excluding hydrogens is 494 g/mol. The zero-order valence-electron chi connectivity index (χ0n) is 24.2. The minimum Gasteiger partial charge on any atom is -0.383 e. The highest BCUT2D eigenvalue weighted by Crippen LogP contribution is 2.39. The number of nitrogen functional groups attached to an aromatic ring is 1. The molecule has 7 heteroatoms. The number of nitrogens with one attached hydrogen (secondary N) is 1. The standard InChI is InChI=1S/C31H35N7.C2H6/c1-3-6-23(4-2)26-12-13-27-30(35-26)38(29(36-27)25-7-5-16-34-28(25)32)24-10-8-22(9-11-24)19-37-20-31(21-37)14-17-33-18-15-31;1-2/h3-13,16,33H,14-15,17-21H2,1-2H3,(H2,32,34);1-2H3/b6-3-,23-4+;. The van der Waals surface area contributed by atoms with E-state index in [0.717, 1.165) is 59.1 Å². The van der Waals surface area contributed by atoms with Crippen molar-refractivity contribution in [2.45, 2.75) is 47.1 Å². The summed E-state index contributed by atoms with van der Waals surface area (Å²) < 4.78 is 2.10. The molecule has 2 fully saturated rings. The Labute approximate surface area is 237 Å². The van der Waals surface area contributed by atoms with Crippen molar-refractivity contribution in [3.63, 3.8) is 0 Å². The van der Waals surface area contributed by atoms with Crippen molar-refractivity contribution in [2.24, 2.45) is 5.41 Å². The van der Waals surface area contributed by atoms with E-state index in [1.54, 1.807) is 6.20 Å². The highest BCUT2D eigenvalue weighted by molar-refractivity contribution is 5.85.